The van der Waals surface area contributed by atoms with Crippen molar-refractivity contribution in [2.45, 2.75) is 57.3 Å². The van der Waals surface area contributed by atoms with E-state index in [0.717, 1.165) is 56.8 Å². The standard InChI is InChI=1S/C33H42FN7O2/c1-23(34)33(42)41-17-16-40(19-25(41)9-12-35)31-18-32(43-22-26-7-5-13-38(26)3)36-29-21-39(15-11-27(29)31)30-8-4-6-24-10-14-37(2)20-28(24)30/h4,6,8,18,25-26H,1,5,7,9-11,13-17,19-22H2,2-3H3/t25-,26-/m0/s1. The highest BCUT2D eigenvalue weighted by Crippen LogP contribution is 2.37. The molecule has 0 radical (unpaired) electrons. The first-order valence-electron chi connectivity index (χ1n) is 15.5. The van der Waals surface area contributed by atoms with E-state index in [4.69, 9.17) is 9.72 Å². The van der Waals surface area contributed by atoms with Crippen LogP contribution in [-0.4, -0.2) is 97.6 Å². The van der Waals surface area contributed by atoms with Crippen LogP contribution in [0.15, 0.2) is 36.7 Å². The van der Waals surface area contributed by atoms with Gasteiger partial charge in [0.25, 0.3) is 5.91 Å². The van der Waals surface area contributed by atoms with Gasteiger partial charge in [-0.25, -0.2) is 9.37 Å². The number of pyridine rings is 1. The fourth-order valence-electron chi connectivity index (χ4n) is 7.20. The molecule has 228 valence electrons. The molecule has 0 bridgehead atoms. The molecule has 2 atom stereocenters. The second-order valence-electron chi connectivity index (χ2n) is 12.4. The number of likely N-dealkylation sites (tertiary alicyclic amines) is 1. The molecule has 0 unspecified atom stereocenters. The predicted molar refractivity (Wildman–Crippen MR) is 165 cm³/mol. The van der Waals surface area contributed by atoms with E-state index in [1.165, 1.54) is 33.7 Å². The maximum Gasteiger partial charge on any atom is 0.282 e. The van der Waals surface area contributed by atoms with Gasteiger partial charge in [0, 0.05) is 68.3 Å². The number of halogens is 1. The third-order valence-corrected chi connectivity index (χ3v) is 9.65. The van der Waals surface area contributed by atoms with Crippen molar-refractivity contribution < 1.29 is 13.9 Å². The van der Waals surface area contributed by atoms with Gasteiger partial charge in [-0.15, -0.1) is 0 Å². The minimum atomic E-state index is -0.986. The van der Waals surface area contributed by atoms with Crippen molar-refractivity contribution in [3.63, 3.8) is 0 Å². The number of hydrogen-bond donors (Lipinski definition) is 0. The number of fused-ring (bicyclic) bond motifs is 2. The molecule has 9 nitrogen and oxygen atoms in total. The van der Waals surface area contributed by atoms with E-state index < -0.39 is 17.8 Å². The Morgan fingerprint density at radius 3 is 2.70 bits per heavy atom. The number of likely N-dealkylation sites (N-methyl/N-ethyl adjacent to an activating group) is 2. The Bertz CT molecular complexity index is 1420. The van der Waals surface area contributed by atoms with Crippen LogP contribution >= 0.6 is 0 Å². The molecule has 0 spiro atoms. The number of carbonyl (C=O) groups excluding carboxylic acids is 1. The summed E-state index contributed by atoms with van der Waals surface area (Å²) in [6.07, 6.45) is 4.30. The lowest BCUT2D eigenvalue weighted by atomic mass is 9.95. The first kappa shape index (κ1) is 29.4. The normalized spacial score (nSPS) is 22.6. The quantitative estimate of drug-likeness (QED) is 0.456. The number of amides is 1. The monoisotopic (exact) mass is 587 g/mol. The van der Waals surface area contributed by atoms with Gasteiger partial charge in [0.1, 0.15) is 6.61 Å². The van der Waals surface area contributed by atoms with Gasteiger partial charge >= 0.3 is 0 Å². The zero-order valence-corrected chi connectivity index (χ0v) is 25.4. The van der Waals surface area contributed by atoms with Gasteiger partial charge in [0.2, 0.25) is 5.88 Å². The van der Waals surface area contributed by atoms with E-state index in [9.17, 15) is 14.4 Å². The lowest BCUT2D eigenvalue weighted by Crippen LogP contribution is -2.55. The summed E-state index contributed by atoms with van der Waals surface area (Å²) in [6.45, 7) is 9.74. The fraction of sp³-hybridized carbons (Fsp3) is 0.545. The lowest BCUT2D eigenvalue weighted by molar-refractivity contribution is -0.131. The number of nitriles is 1. The summed E-state index contributed by atoms with van der Waals surface area (Å²) in [5, 5.41) is 9.52. The molecule has 0 saturated carbocycles. The fourth-order valence-corrected chi connectivity index (χ4v) is 7.20. The molecule has 1 aromatic carbocycles. The molecular formula is C33H42FN7O2. The number of nitrogens with zero attached hydrogens (tertiary/aromatic N) is 7. The van der Waals surface area contributed by atoms with Crippen molar-refractivity contribution in [1.29, 1.82) is 5.26 Å². The summed E-state index contributed by atoms with van der Waals surface area (Å²) in [5.74, 6) is -1.10. The van der Waals surface area contributed by atoms with Crippen LogP contribution in [0.1, 0.15) is 41.6 Å². The first-order chi connectivity index (χ1) is 20.8. The molecule has 0 N–H and O–H groups in total. The largest absolute Gasteiger partial charge is 0.476 e. The van der Waals surface area contributed by atoms with E-state index in [1.54, 1.807) is 0 Å². The molecule has 2 saturated heterocycles. The summed E-state index contributed by atoms with van der Waals surface area (Å²) >= 11 is 0. The SMILES string of the molecule is C=C(F)C(=O)N1CCN(c2cc(OC[C@@H]3CCCN3C)nc3c2CCN(c2cccc4c2CN(C)CC4)C3)C[C@@H]1CC#N. The molecule has 2 aromatic rings. The zero-order valence-electron chi connectivity index (χ0n) is 25.4. The number of hydrogen-bond acceptors (Lipinski definition) is 8. The summed E-state index contributed by atoms with van der Waals surface area (Å²) in [4.78, 5) is 28.5. The van der Waals surface area contributed by atoms with Crippen LogP contribution in [0.25, 0.3) is 0 Å². The van der Waals surface area contributed by atoms with Crippen LogP contribution in [0.3, 0.4) is 0 Å². The predicted octanol–water partition coefficient (Wildman–Crippen LogP) is 3.52. The van der Waals surface area contributed by atoms with E-state index >= 15 is 0 Å². The van der Waals surface area contributed by atoms with Crippen molar-refractivity contribution in [1.82, 2.24) is 19.7 Å². The third-order valence-electron chi connectivity index (χ3n) is 9.65. The van der Waals surface area contributed by atoms with Gasteiger partial charge in [-0.2, -0.15) is 5.26 Å². The number of benzene rings is 1. The Morgan fingerprint density at radius 2 is 1.93 bits per heavy atom. The van der Waals surface area contributed by atoms with Gasteiger partial charge in [-0.1, -0.05) is 18.7 Å². The number of aromatic nitrogens is 1. The average molecular weight is 588 g/mol. The Kier molecular flexibility index (Phi) is 8.55. The molecule has 1 amide bonds. The van der Waals surface area contributed by atoms with Crippen LogP contribution in [0, 0.1) is 11.3 Å². The highest BCUT2D eigenvalue weighted by Gasteiger charge is 2.34. The number of anilines is 2. The highest BCUT2D eigenvalue weighted by atomic mass is 19.1. The van der Waals surface area contributed by atoms with Crippen molar-refractivity contribution in [2.75, 3.05) is 69.8 Å². The Morgan fingerprint density at radius 1 is 1.07 bits per heavy atom. The van der Waals surface area contributed by atoms with Crippen LogP contribution in [-0.2, 0) is 30.7 Å². The van der Waals surface area contributed by atoms with E-state index in [-0.39, 0.29) is 6.42 Å². The van der Waals surface area contributed by atoms with E-state index in [0.29, 0.717) is 44.7 Å². The first-order valence-corrected chi connectivity index (χ1v) is 15.5. The zero-order chi connectivity index (χ0) is 30.1. The summed E-state index contributed by atoms with van der Waals surface area (Å²) < 4.78 is 20.2. The van der Waals surface area contributed by atoms with Gasteiger partial charge in [0.15, 0.2) is 5.83 Å². The van der Waals surface area contributed by atoms with Crippen molar-refractivity contribution in [2.24, 2.45) is 0 Å². The molecule has 1 aromatic heterocycles. The third kappa shape index (κ3) is 6.06. The molecule has 6 rings (SSSR count). The average Bonchev–Trinajstić information content (AvgIpc) is 3.43. The number of piperazine rings is 1. The van der Waals surface area contributed by atoms with Gasteiger partial charge < -0.3 is 29.2 Å². The lowest BCUT2D eigenvalue weighted by Gasteiger charge is -2.43. The molecule has 43 heavy (non-hydrogen) atoms. The van der Waals surface area contributed by atoms with Gasteiger partial charge in [0.05, 0.1) is 30.8 Å². The maximum atomic E-state index is 13.8. The van der Waals surface area contributed by atoms with Gasteiger partial charge in [-0.3, -0.25) is 4.79 Å². The van der Waals surface area contributed by atoms with Crippen LogP contribution < -0.4 is 14.5 Å². The molecule has 4 aliphatic heterocycles. The highest BCUT2D eigenvalue weighted by molar-refractivity contribution is 5.91. The molecule has 4 aliphatic rings. The van der Waals surface area contributed by atoms with Crippen molar-refractivity contribution >= 4 is 17.3 Å². The van der Waals surface area contributed by atoms with Crippen molar-refractivity contribution in [3.8, 4) is 11.9 Å². The minimum Gasteiger partial charge on any atom is -0.476 e. The summed E-state index contributed by atoms with van der Waals surface area (Å²) in [7, 11) is 4.32. The second kappa shape index (κ2) is 12.5. The molecule has 0 aliphatic carbocycles. The Hall–Kier alpha value is -3.68. The van der Waals surface area contributed by atoms with Gasteiger partial charge in [-0.05, 0) is 63.5 Å². The van der Waals surface area contributed by atoms with E-state index in [1.807, 2.05) is 6.07 Å². The van der Waals surface area contributed by atoms with E-state index in [2.05, 4.69) is 64.5 Å². The smallest absolute Gasteiger partial charge is 0.282 e. The molecular weight excluding hydrogens is 545 g/mol. The number of rotatable bonds is 7. The molecule has 2 fully saturated rings. The molecule has 10 heteroatoms. The summed E-state index contributed by atoms with van der Waals surface area (Å²) in [6, 6.07) is 10.8. The van der Waals surface area contributed by atoms with Crippen LogP contribution in [0.4, 0.5) is 15.8 Å². The number of ether oxygens (including phenoxy) is 1. The minimum absolute atomic E-state index is 0.126. The Labute approximate surface area is 254 Å². The second-order valence-corrected chi connectivity index (χ2v) is 12.4. The van der Waals surface area contributed by atoms with Crippen molar-refractivity contribution in [3.05, 3.63) is 59.1 Å². The van der Waals surface area contributed by atoms with Crippen LogP contribution in [0.5, 0.6) is 5.88 Å². The maximum absolute atomic E-state index is 13.8. The summed E-state index contributed by atoms with van der Waals surface area (Å²) in [5.41, 5.74) is 7.36. The molecule has 5 heterocycles. The Balaban J connectivity index is 1.31. The van der Waals surface area contributed by atoms with Crippen LogP contribution in [0.2, 0.25) is 0 Å². The number of carbonyl (C=O) groups is 1. The topological polar surface area (TPSA) is 79.2 Å².